The Bertz CT molecular complexity index is 357. The molecule has 2 atom stereocenters. The number of nitrogens with one attached hydrogen (secondary N) is 1. The molecule has 1 N–H and O–H groups in total. The van der Waals surface area contributed by atoms with Gasteiger partial charge >= 0.3 is 0 Å². The molecule has 2 unspecified atom stereocenters. The van der Waals surface area contributed by atoms with Crippen LogP contribution in [-0.2, 0) is 0 Å². The van der Waals surface area contributed by atoms with Crippen molar-refractivity contribution in [3.05, 3.63) is 22.3 Å². The third-order valence-electron chi connectivity index (χ3n) is 2.88. The molecule has 82 valence electrons. The van der Waals surface area contributed by atoms with Gasteiger partial charge in [0.05, 0.1) is 6.04 Å². The van der Waals surface area contributed by atoms with Gasteiger partial charge in [-0.1, -0.05) is 6.92 Å². The number of hydrogen-bond donors (Lipinski definition) is 1. The molecule has 0 aromatic carbocycles. The summed E-state index contributed by atoms with van der Waals surface area (Å²) in [6, 6.07) is 0.350. The molecule has 0 aromatic heterocycles. The summed E-state index contributed by atoms with van der Waals surface area (Å²) in [4.78, 5) is 6.96. The third-order valence-corrected chi connectivity index (χ3v) is 3.31. The maximum atomic E-state index is 4.74. The average Bonchev–Trinajstić information content (AvgIpc) is 2.55. The van der Waals surface area contributed by atoms with Crippen molar-refractivity contribution < 1.29 is 0 Å². The molecule has 0 aliphatic carbocycles. The second-order valence-corrected chi connectivity index (χ2v) is 4.83. The second kappa shape index (κ2) is 4.10. The zero-order valence-electron chi connectivity index (χ0n) is 9.29. The number of likely N-dealkylation sites (N-methyl/N-ethyl adjacent to an activating group) is 1. The highest BCUT2D eigenvalue weighted by Gasteiger charge is 2.34. The van der Waals surface area contributed by atoms with E-state index in [0.29, 0.717) is 12.2 Å². The number of nitrogens with zero attached hydrogens (tertiary/aromatic N) is 2. The van der Waals surface area contributed by atoms with Crippen molar-refractivity contribution >= 4 is 21.8 Å². The molecule has 2 rings (SSSR count). The molecule has 15 heavy (non-hydrogen) atoms. The largest absolute Gasteiger partial charge is 0.314 e. The monoisotopic (exact) mass is 269 g/mol. The Morgan fingerprint density at radius 2 is 2.33 bits per heavy atom. The highest BCUT2D eigenvalue weighted by atomic mass is 79.9. The minimum Gasteiger partial charge on any atom is -0.314 e. The molecule has 4 heteroatoms. The van der Waals surface area contributed by atoms with Crippen LogP contribution in [0.2, 0.25) is 0 Å². The summed E-state index contributed by atoms with van der Waals surface area (Å²) >= 11 is 3.52. The van der Waals surface area contributed by atoms with Crippen molar-refractivity contribution in [1.29, 1.82) is 0 Å². The number of hydrogen-bond acceptors (Lipinski definition) is 3. The summed E-state index contributed by atoms with van der Waals surface area (Å²) in [5, 5.41) is 3.32. The van der Waals surface area contributed by atoms with Crippen molar-refractivity contribution in [3.63, 3.8) is 0 Å². The van der Waals surface area contributed by atoms with Crippen LogP contribution in [0.15, 0.2) is 27.3 Å². The highest BCUT2D eigenvalue weighted by Crippen LogP contribution is 2.28. The van der Waals surface area contributed by atoms with Crippen LogP contribution in [0.4, 0.5) is 0 Å². The summed E-state index contributed by atoms with van der Waals surface area (Å²) in [6.45, 7) is 4.28. The number of fused-ring (bicyclic) bond motifs is 1. The SMILES string of the molecule is CCC1N=C2C(C)=CC(Br)=CN2C1NC. The van der Waals surface area contributed by atoms with E-state index in [1.165, 1.54) is 5.57 Å². The van der Waals surface area contributed by atoms with Gasteiger partial charge in [0.1, 0.15) is 12.0 Å². The fraction of sp³-hybridized carbons (Fsp3) is 0.545. The summed E-state index contributed by atoms with van der Waals surface area (Å²) in [7, 11) is 1.99. The van der Waals surface area contributed by atoms with Gasteiger partial charge in [0.15, 0.2) is 0 Å². The lowest BCUT2D eigenvalue weighted by molar-refractivity contribution is 0.327. The van der Waals surface area contributed by atoms with E-state index in [0.717, 1.165) is 16.7 Å². The molecule has 0 saturated carbocycles. The third kappa shape index (κ3) is 1.76. The molecule has 0 spiro atoms. The first-order valence-corrected chi connectivity index (χ1v) is 6.06. The molecule has 0 saturated heterocycles. The molecule has 3 nitrogen and oxygen atoms in total. The van der Waals surface area contributed by atoms with Crippen molar-refractivity contribution in [2.24, 2.45) is 4.99 Å². The molecule has 0 aromatic rings. The van der Waals surface area contributed by atoms with Crippen LogP contribution < -0.4 is 5.32 Å². The first kappa shape index (κ1) is 10.9. The number of rotatable bonds is 2. The van der Waals surface area contributed by atoms with Gasteiger partial charge in [-0.15, -0.1) is 0 Å². The Hall–Kier alpha value is -0.610. The Morgan fingerprint density at radius 1 is 1.60 bits per heavy atom. The van der Waals surface area contributed by atoms with E-state index in [1.807, 2.05) is 7.05 Å². The molecule has 0 radical (unpaired) electrons. The molecule has 2 aliphatic heterocycles. The van der Waals surface area contributed by atoms with Crippen LogP contribution in [-0.4, -0.2) is 30.0 Å². The average molecular weight is 270 g/mol. The van der Waals surface area contributed by atoms with Crippen LogP contribution in [0.5, 0.6) is 0 Å². The van der Waals surface area contributed by atoms with E-state index < -0.39 is 0 Å². The fourth-order valence-electron chi connectivity index (χ4n) is 2.15. The molecular weight excluding hydrogens is 254 g/mol. The summed E-state index contributed by atoms with van der Waals surface area (Å²) in [6.07, 6.45) is 5.56. The van der Waals surface area contributed by atoms with Crippen LogP contribution >= 0.6 is 15.9 Å². The Labute approximate surface area is 99.1 Å². The van der Waals surface area contributed by atoms with Crippen LogP contribution in [0.25, 0.3) is 0 Å². The minimum absolute atomic E-state index is 0.293. The number of amidine groups is 1. The van der Waals surface area contributed by atoms with E-state index in [-0.39, 0.29) is 0 Å². The van der Waals surface area contributed by atoms with Crippen LogP contribution in [0.1, 0.15) is 20.3 Å². The molecular formula is C11H16BrN3. The molecule has 0 fully saturated rings. The first-order valence-electron chi connectivity index (χ1n) is 5.26. The Balaban J connectivity index is 2.35. The lowest BCUT2D eigenvalue weighted by atomic mass is 10.1. The molecule has 0 amide bonds. The van der Waals surface area contributed by atoms with Gasteiger partial charge in [-0.05, 0) is 48.0 Å². The van der Waals surface area contributed by atoms with Gasteiger partial charge in [0, 0.05) is 10.7 Å². The fourth-order valence-corrected chi connectivity index (χ4v) is 2.71. The van der Waals surface area contributed by atoms with Gasteiger partial charge in [0.2, 0.25) is 0 Å². The minimum atomic E-state index is 0.293. The summed E-state index contributed by atoms with van der Waals surface area (Å²) in [5.74, 6) is 1.10. The standard InChI is InChI=1S/C11H16BrN3/c1-4-9-11(13-3)15-6-8(12)5-7(2)10(15)14-9/h5-6,9,11,13H,4H2,1-3H3. The first-order chi connectivity index (χ1) is 7.17. The zero-order valence-corrected chi connectivity index (χ0v) is 10.9. The number of aliphatic imine (C=N–C) groups is 1. The normalized spacial score (nSPS) is 29.6. The van der Waals surface area contributed by atoms with E-state index in [1.54, 1.807) is 0 Å². The smallest absolute Gasteiger partial charge is 0.132 e. The maximum absolute atomic E-state index is 4.74. The van der Waals surface area contributed by atoms with Gasteiger partial charge in [0.25, 0.3) is 0 Å². The molecule has 0 bridgehead atoms. The maximum Gasteiger partial charge on any atom is 0.132 e. The number of allylic oxidation sites excluding steroid dienone is 2. The van der Waals surface area contributed by atoms with Gasteiger partial charge < -0.3 is 4.90 Å². The van der Waals surface area contributed by atoms with Gasteiger partial charge in [-0.3, -0.25) is 10.3 Å². The summed E-state index contributed by atoms with van der Waals surface area (Å²) in [5.41, 5.74) is 1.22. The summed E-state index contributed by atoms with van der Waals surface area (Å²) < 4.78 is 1.11. The van der Waals surface area contributed by atoms with Crippen molar-refractivity contribution in [1.82, 2.24) is 10.2 Å². The van der Waals surface area contributed by atoms with Crippen LogP contribution in [0, 0.1) is 0 Å². The van der Waals surface area contributed by atoms with Crippen molar-refractivity contribution in [3.8, 4) is 0 Å². The van der Waals surface area contributed by atoms with Crippen molar-refractivity contribution in [2.45, 2.75) is 32.5 Å². The lowest BCUT2D eigenvalue weighted by Gasteiger charge is -2.29. The predicted molar refractivity (Wildman–Crippen MR) is 67.0 cm³/mol. The quantitative estimate of drug-likeness (QED) is 0.833. The van der Waals surface area contributed by atoms with E-state index in [2.05, 4.69) is 52.3 Å². The number of halogens is 1. The second-order valence-electron chi connectivity index (χ2n) is 3.91. The predicted octanol–water partition coefficient (Wildman–Crippen LogP) is 2.22. The van der Waals surface area contributed by atoms with Gasteiger partial charge in [-0.2, -0.15) is 0 Å². The van der Waals surface area contributed by atoms with E-state index in [9.17, 15) is 0 Å². The Morgan fingerprint density at radius 3 is 2.93 bits per heavy atom. The van der Waals surface area contributed by atoms with Crippen molar-refractivity contribution in [2.75, 3.05) is 7.05 Å². The molecule has 2 heterocycles. The highest BCUT2D eigenvalue weighted by molar-refractivity contribution is 9.11. The van der Waals surface area contributed by atoms with E-state index >= 15 is 0 Å². The zero-order chi connectivity index (χ0) is 11.0. The Kier molecular flexibility index (Phi) is 2.98. The van der Waals surface area contributed by atoms with Gasteiger partial charge in [-0.25, -0.2) is 0 Å². The lowest BCUT2D eigenvalue weighted by Crippen LogP contribution is -2.46. The van der Waals surface area contributed by atoms with Crippen LogP contribution in [0.3, 0.4) is 0 Å². The van der Waals surface area contributed by atoms with E-state index in [4.69, 9.17) is 4.99 Å². The topological polar surface area (TPSA) is 27.6 Å². The molecule has 2 aliphatic rings.